The molecule has 0 bridgehead atoms. The molecule has 1 aliphatic rings. The summed E-state index contributed by atoms with van der Waals surface area (Å²) in [6, 6.07) is 9.16. The number of rotatable bonds is 7. The maximum atomic E-state index is 12.2. The lowest BCUT2D eigenvalue weighted by molar-refractivity contribution is -0.117. The second-order valence-electron chi connectivity index (χ2n) is 5.99. The Morgan fingerprint density at radius 3 is 2.86 bits per heavy atom. The van der Waals surface area contributed by atoms with Crippen molar-refractivity contribution in [2.24, 2.45) is 0 Å². The monoisotopic (exact) mass is 429 g/mol. The van der Waals surface area contributed by atoms with Gasteiger partial charge in [0.1, 0.15) is 6.61 Å². The zero-order valence-electron chi connectivity index (χ0n) is 15.6. The van der Waals surface area contributed by atoms with E-state index in [0.717, 1.165) is 12.1 Å². The number of amides is 1. The van der Waals surface area contributed by atoms with Crippen LogP contribution in [0.25, 0.3) is 0 Å². The van der Waals surface area contributed by atoms with Crippen LogP contribution in [0, 0.1) is 0 Å². The first-order valence-corrected chi connectivity index (χ1v) is 8.55. The molecule has 1 aromatic carbocycles. The van der Waals surface area contributed by atoms with Crippen molar-refractivity contribution in [2.45, 2.75) is 19.1 Å². The number of pyridine rings is 1. The first kappa shape index (κ1) is 24.0. The molecule has 28 heavy (non-hydrogen) atoms. The average Bonchev–Trinajstić information content (AvgIpc) is 2.68. The number of hydrogen-bond acceptors (Lipinski definition) is 6. The number of hydrogen-bond donors (Lipinski definition) is 2. The highest BCUT2D eigenvalue weighted by atomic mass is 35.5. The Hall–Kier alpha value is -2.06. The molecule has 1 unspecified atom stereocenters. The Balaban J connectivity index is 0.00000196. The molecule has 0 saturated carbocycles. The van der Waals surface area contributed by atoms with Gasteiger partial charge < -0.3 is 24.8 Å². The molecule has 1 fully saturated rings. The zero-order valence-corrected chi connectivity index (χ0v) is 17.2. The SMILES string of the molecule is COc1ccc(NC(=O)CC2COCCN2)cc1OCc1cccnc1.Cl.Cl. The zero-order chi connectivity index (χ0) is 18.2. The number of anilines is 1. The fourth-order valence-corrected chi connectivity index (χ4v) is 2.70. The van der Waals surface area contributed by atoms with Crippen molar-refractivity contribution in [3.8, 4) is 11.5 Å². The third kappa shape index (κ3) is 7.16. The van der Waals surface area contributed by atoms with E-state index in [-0.39, 0.29) is 36.8 Å². The molecular formula is C19H25Cl2N3O4. The van der Waals surface area contributed by atoms with Crippen molar-refractivity contribution < 1.29 is 19.0 Å². The smallest absolute Gasteiger partial charge is 0.226 e. The minimum atomic E-state index is -0.0728. The number of ether oxygens (including phenoxy) is 3. The van der Waals surface area contributed by atoms with E-state index >= 15 is 0 Å². The van der Waals surface area contributed by atoms with Crippen LogP contribution in [0.5, 0.6) is 11.5 Å². The van der Waals surface area contributed by atoms with Gasteiger partial charge in [0.05, 0.1) is 20.3 Å². The highest BCUT2D eigenvalue weighted by Gasteiger charge is 2.17. The molecular weight excluding hydrogens is 405 g/mol. The number of methoxy groups -OCH3 is 1. The van der Waals surface area contributed by atoms with Gasteiger partial charge in [0.15, 0.2) is 11.5 Å². The number of morpholine rings is 1. The van der Waals surface area contributed by atoms with E-state index in [1.807, 2.05) is 12.1 Å². The molecule has 1 aliphatic heterocycles. The number of aromatic nitrogens is 1. The second-order valence-corrected chi connectivity index (χ2v) is 5.99. The fourth-order valence-electron chi connectivity index (χ4n) is 2.70. The van der Waals surface area contributed by atoms with Crippen LogP contribution in [0.15, 0.2) is 42.7 Å². The molecule has 2 N–H and O–H groups in total. The Morgan fingerprint density at radius 2 is 2.18 bits per heavy atom. The predicted molar refractivity (Wildman–Crippen MR) is 112 cm³/mol. The molecule has 0 aliphatic carbocycles. The topological polar surface area (TPSA) is 81.7 Å². The summed E-state index contributed by atoms with van der Waals surface area (Å²) in [5, 5.41) is 6.16. The van der Waals surface area contributed by atoms with Crippen molar-refractivity contribution >= 4 is 36.4 Å². The summed E-state index contributed by atoms with van der Waals surface area (Å²) in [6.07, 6.45) is 3.82. The number of carbonyl (C=O) groups is 1. The number of benzene rings is 1. The lowest BCUT2D eigenvalue weighted by Gasteiger charge is -2.23. The summed E-state index contributed by atoms with van der Waals surface area (Å²) in [5.74, 6) is 1.10. The van der Waals surface area contributed by atoms with E-state index in [1.165, 1.54) is 0 Å². The van der Waals surface area contributed by atoms with Gasteiger partial charge in [-0.25, -0.2) is 0 Å². The van der Waals surface area contributed by atoms with Crippen LogP contribution in [-0.4, -0.2) is 43.8 Å². The minimum absolute atomic E-state index is 0. The van der Waals surface area contributed by atoms with E-state index in [4.69, 9.17) is 14.2 Å². The Labute approximate surface area is 177 Å². The maximum Gasteiger partial charge on any atom is 0.226 e. The first-order chi connectivity index (χ1) is 12.7. The van der Waals surface area contributed by atoms with E-state index in [0.29, 0.717) is 43.4 Å². The largest absolute Gasteiger partial charge is 0.493 e. The van der Waals surface area contributed by atoms with Crippen molar-refractivity contribution in [3.63, 3.8) is 0 Å². The summed E-state index contributed by atoms with van der Waals surface area (Å²) in [5.41, 5.74) is 1.61. The van der Waals surface area contributed by atoms with Gasteiger partial charge >= 0.3 is 0 Å². The number of halogens is 2. The van der Waals surface area contributed by atoms with Crippen molar-refractivity contribution in [2.75, 3.05) is 32.2 Å². The Bertz CT molecular complexity index is 728. The predicted octanol–water partition coefficient (Wildman–Crippen LogP) is 2.83. The molecule has 9 heteroatoms. The van der Waals surface area contributed by atoms with Crippen LogP contribution >= 0.6 is 24.8 Å². The number of nitrogens with one attached hydrogen (secondary N) is 2. The molecule has 1 atom stereocenters. The summed E-state index contributed by atoms with van der Waals surface area (Å²) < 4.78 is 16.5. The Kier molecular flexibility index (Phi) is 10.6. The molecule has 3 rings (SSSR count). The highest BCUT2D eigenvalue weighted by Crippen LogP contribution is 2.31. The van der Waals surface area contributed by atoms with E-state index < -0.39 is 0 Å². The van der Waals surface area contributed by atoms with Gasteiger partial charge in [-0.15, -0.1) is 24.8 Å². The molecule has 154 valence electrons. The lowest BCUT2D eigenvalue weighted by Crippen LogP contribution is -2.43. The van der Waals surface area contributed by atoms with Gasteiger partial charge in [0.2, 0.25) is 5.91 Å². The molecule has 1 aromatic heterocycles. The van der Waals surface area contributed by atoms with Gasteiger partial charge in [-0.3, -0.25) is 9.78 Å². The highest BCUT2D eigenvalue weighted by molar-refractivity contribution is 5.91. The fraction of sp³-hybridized carbons (Fsp3) is 0.368. The van der Waals surface area contributed by atoms with Crippen LogP contribution in [0.4, 0.5) is 5.69 Å². The van der Waals surface area contributed by atoms with E-state index in [9.17, 15) is 4.79 Å². The van der Waals surface area contributed by atoms with E-state index in [1.54, 1.807) is 37.7 Å². The minimum Gasteiger partial charge on any atom is -0.493 e. The van der Waals surface area contributed by atoms with Crippen LogP contribution in [0.1, 0.15) is 12.0 Å². The van der Waals surface area contributed by atoms with Gasteiger partial charge in [-0.05, 0) is 18.2 Å². The lowest BCUT2D eigenvalue weighted by atomic mass is 10.2. The van der Waals surface area contributed by atoms with Crippen LogP contribution < -0.4 is 20.1 Å². The maximum absolute atomic E-state index is 12.2. The standard InChI is InChI=1S/C19H23N3O4.2ClH/c1-24-17-5-4-15(22-19(23)10-16-13-25-8-7-21-16)9-18(17)26-12-14-3-2-6-20-11-14;;/h2-6,9,11,16,21H,7-8,10,12-13H2,1H3,(H,22,23);2*1H. The normalized spacial score (nSPS) is 15.5. The third-order valence-electron chi connectivity index (χ3n) is 3.99. The summed E-state index contributed by atoms with van der Waals surface area (Å²) >= 11 is 0. The van der Waals surface area contributed by atoms with Crippen molar-refractivity contribution in [1.29, 1.82) is 0 Å². The van der Waals surface area contributed by atoms with Crippen LogP contribution in [0.2, 0.25) is 0 Å². The first-order valence-electron chi connectivity index (χ1n) is 8.55. The third-order valence-corrected chi connectivity index (χ3v) is 3.99. The second kappa shape index (κ2) is 12.4. The molecule has 1 amide bonds. The van der Waals surface area contributed by atoms with Gasteiger partial charge in [0.25, 0.3) is 0 Å². The van der Waals surface area contributed by atoms with Crippen molar-refractivity contribution in [3.05, 3.63) is 48.3 Å². The van der Waals surface area contributed by atoms with Crippen molar-refractivity contribution in [1.82, 2.24) is 10.3 Å². The van der Waals surface area contributed by atoms with Gasteiger partial charge in [-0.2, -0.15) is 0 Å². The summed E-state index contributed by atoms with van der Waals surface area (Å²) in [6.45, 7) is 2.38. The quantitative estimate of drug-likeness (QED) is 0.703. The number of nitrogens with zero attached hydrogens (tertiary/aromatic N) is 1. The van der Waals surface area contributed by atoms with Crippen LogP contribution in [0.3, 0.4) is 0 Å². The van der Waals surface area contributed by atoms with Gasteiger partial charge in [0, 0.05) is 48.7 Å². The van der Waals surface area contributed by atoms with Gasteiger partial charge in [-0.1, -0.05) is 6.07 Å². The molecule has 2 heterocycles. The summed E-state index contributed by atoms with van der Waals surface area (Å²) in [7, 11) is 1.58. The summed E-state index contributed by atoms with van der Waals surface area (Å²) in [4.78, 5) is 16.3. The van der Waals surface area contributed by atoms with E-state index in [2.05, 4.69) is 15.6 Å². The Morgan fingerprint density at radius 1 is 1.32 bits per heavy atom. The van der Waals surface area contributed by atoms with Crippen LogP contribution in [-0.2, 0) is 16.1 Å². The molecule has 0 spiro atoms. The molecule has 7 nitrogen and oxygen atoms in total. The molecule has 0 radical (unpaired) electrons. The molecule has 2 aromatic rings. The average molecular weight is 430 g/mol. The molecule has 1 saturated heterocycles. The number of carbonyl (C=O) groups excluding carboxylic acids is 1.